The summed E-state index contributed by atoms with van der Waals surface area (Å²) >= 11 is 0. The Kier molecular flexibility index (Phi) is 5.52. The van der Waals surface area contributed by atoms with Crippen molar-refractivity contribution >= 4 is 17.8 Å². The van der Waals surface area contributed by atoms with Crippen LogP contribution in [-0.2, 0) is 4.74 Å². The fourth-order valence-corrected chi connectivity index (χ4v) is 2.46. The molecule has 0 aliphatic heterocycles. The maximum atomic E-state index is 12.1. The van der Waals surface area contributed by atoms with Crippen LogP contribution < -0.4 is 0 Å². The summed E-state index contributed by atoms with van der Waals surface area (Å²) in [4.78, 5) is 23.8. The standard InChI is InChI=1S/C22H18O5/c1-2-26-22(25)17-5-3-16(4-6-17)21-14-12-19(27-21)11-13-20(24)15-7-9-18(23)10-8-15/h3-14,23H,2H2,1H3/b13-11+. The van der Waals surface area contributed by atoms with Gasteiger partial charge in [-0.1, -0.05) is 12.1 Å². The highest BCUT2D eigenvalue weighted by Crippen LogP contribution is 2.23. The highest BCUT2D eigenvalue weighted by Gasteiger charge is 2.08. The van der Waals surface area contributed by atoms with Gasteiger partial charge >= 0.3 is 5.97 Å². The second-order valence-electron chi connectivity index (χ2n) is 5.74. The van der Waals surface area contributed by atoms with E-state index in [1.807, 2.05) is 0 Å². The van der Waals surface area contributed by atoms with Gasteiger partial charge in [-0.3, -0.25) is 4.79 Å². The van der Waals surface area contributed by atoms with Crippen LogP contribution in [-0.4, -0.2) is 23.5 Å². The second-order valence-corrected chi connectivity index (χ2v) is 5.74. The Balaban J connectivity index is 1.70. The Labute approximate surface area is 156 Å². The third-order valence-corrected chi connectivity index (χ3v) is 3.86. The number of phenolic OH excluding ortho intramolecular Hbond substituents is 1. The van der Waals surface area contributed by atoms with E-state index in [0.717, 1.165) is 5.56 Å². The van der Waals surface area contributed by atoms with Crippen LogP contribution in [0.4, 0.5) is 0 Å². The minimum atomic E-state index is -0.361. The molecule has 0 bridgehead atoms. The number of phenols is 1. The van der Waals surface area contributed by atoms with Crippen LogP contribution >= 0.6 is 0 Å². The quantitative estimate of drug-likeness (QED) is 0.390. The summed E-state index contributed by atoms with van der Waals surface area (Å²) in [5.41, 5.74) is 1.77. The lowest BCUT2D eigenvalue weighted by Gasteiger charge is -2.02. The summed E-state index contributed by atoms with van der Waals surface area (Å²) in [7, 11) is 0. The number of allylic oxidation sites excluding steroid dienone is 1. The van der Waals surface area contributed by atoms with E-state index in [0.29, 0.717) is 29.3 Å². The molecular weight excluding hydrogens is 344 g/mol. The fourth-order valence-electron chi connectivity index (χ4n) is 2.46. The summed E-state index contributed by atoms with van der Waals surface area (Å²) < 4.78 is 10.7. The zero-order valence-corrected chi connectivity index (χ0v) is 14.7. The SMILES string of the molecule is CCOC(=O)c1ccc(-c2ccc(/C=C/C(=O)c3ccc(O)cc3)o2)cc1. The first kappa shape index (κ1) is 18.2. The number of carbonyl (C=O) groups excluding carboxylic acids is 2. The molecule has 0 aliphatic rings. The zero-order chi connectivity index (χ0) is 19.2. The maximum absolute atomic E-state index is 12.1. The maximum Gasteiger partial charge on any atom is 0.338 e. The molecule has 5 nitrogen and oxygen atoms in total. The van der Waals surface area contributed by atoms with E-state index in [9.17, 15) is 14.7 Å². The number of hydrogen-bond acceptors (Lipinski definition) is 5. The molecule has 0 aliphatic carbocycles. The van der Waals surface area contributed by atoms with Crippen molar-refractivity contribution < 1.29 is 23.8 Å². The van der Waals surface area contributed by atoms with Gasteiger partial charge in [0.2, 0.25) is 0 Å². The molecule has 136 valence electrons. The Morgan fingerprint density at radius 2 is 1.63 bits per heavy atom. The second kappa shape index (κ2) is 8.19. The van der Waals surface area contributed by atoms with E-state index in [1.54, 1.807) is 61.5 Å². The summed E-state index contributed by atoms with van der Waals surface area (Å²) in [6.45, 7) is 2.09. The van der Waals surface area contributed by atoms with Crippen LogP contribution in [0.25, 0.3) is 17.4 Å². The summed E-state index contributed by atoms with van der Waals surface area (Å²) in [5, 5.41) is 9.26. The molecule has 0 saturated carbocycles. The van der Waals surface area contributed by atoms with Crippen LogP contribution in [0.1, 0.15) is 33.4 Å². The molecule has 3 rings (SSSR count). The molecule has 0 fully saturated rings. The number of carbonyl (C=O) groups is 2. The number of ether oxygens (including phenoxy) is 1. The van der Waals surface area contributed by atoms with E-state index in [1.165, 1.54) is 18.2 Å². The average Bonchev–Trinajstić information content (AvgIpc) is 3.16. The minimum absolute atomic E-state index is 0.111. The van der Waals surface area contributed by atoms with Crippen molar-refractivity contribution in [3.63, 3.8) is 0 Å². The summed E-state index contributed by atoms with van der Waals surface area (Å²) in [6.07, 6.45) is 3.00. The third-order valence-electron chi connectivity index (χ3n) is 3.86. The van der Waals surface area contributed by atoms with E-state index in [-0.39, 0.29) is 17.5 Å². The molecule has 3 aromatic rings. The predicted molar refractivity (Wildman–Crippen MR) is 102 cm³/mol. The van der Waals surface area contributed by atoms with Gasteiger partial charge in [-0.05, 0) is 67.6 Å². The molecule has 0 atom stereocenters. The monoisotopic (exact) mass is 362 g/mol. The number of esters is 1. The van der Waals surface area contributed by atoms with Gasteiger partial charge in [0.05, 0.1) is 12.2 Å². The Hall–Kier alpha value is -3.60. The molecule has 2 aromatic carbocycles. The van der Waals surface area contributed by atoms with Crippen molar-refractivity contribution in [3.8, 4) is 17.1 Å². The lowest BCUT2D eigenvalue weighted by molar-refractivity contribution is 0.0526. The number of aromatic hydroxyl groups is 1. The molecule has 0 spiro atoms. The van der Waals surface area contributed by atoms with Gasteiger partial charge in [-0.2, -0.15) is 0 Å². The minimum Gasteiger partial charge on any atom is -0.508 e. The molecule has 27 heavy (non-hydrogen) atoms. The molecule has 1 aromatic heterocycles. The van der Waals surface area contributed by atoms with Crippen molar-refractivity contribution in [2.45, 2.75) is 6.92 Å². The van der Waals surface area contributed by atoms with Crippen LogP contribution in [0.2, 0.25) is 0 Å². The van der Waals surface area contributed by atoms with Crippen molar-refractivity contribution in [1.29, 1.82) is 0 Å². The van der Waals surface area contributed by atoms with E-state index >= 15 is 0 Å². The topological polar surface area (TPSA) is 76.7 Å². The highest BCUT2D eigenvalue weighted by atomic mass is 16.5. The first-order chi connectivity index (χ1) is 13.1. The summed E-state index contributed by atoms with van der Waals surface area (Å²) in [6, 6.07) is 16.5. The molecule has 0 amide bonds. The van der Waals surface area contributed by atoms with Crippen molar-refractivity contribution in [3.05, 3.63) is 83.6 Å². The Bertz CT molecular complexity index is 963. The largest absolute Gasteiger partial charge is 0.508 e. The Morgan fingerprint density at radius 1 is 0.963 bits per heavy atom. The van der Waals surface area contributed by atoms with Crippen LogP contribution in [0, 0.1) is 0 Å². The van der Waals surface area contributed by atoms with E-state index < -0.39 is 0 Å². The fraction of sp³-hybridized carbons (Fsp3) is 0.0909. The van der Waals surface area contributed by atoms with Crippen molar-refractivity contribution in [1.82, 2.24) is 0 Å². The number of hydrogen-bond donors (Lipinski definition) is 1. The average molecular weight is 362 g/mol. The van der Waals surface area contributed by atoms with E-state index in [4.69, 9.17) is 9.15 Å². The molecule has 1 N–H and O–H groups in total. The van der Waals surface area contributed by atoms with Crippen molar-refractivity contribution in [2.24, 2.45) is 0 Å². The Morgan fingerprint density at radius 3 is 2.30 bits per heavy atom. The normalized spacial score (nSPS) is 10.9. The molecule has 1 heterocycles. The van der Waals surface area contributed by atoms with Gasteiger partial charge in [0, 0.05) is 11.1 Å². The number of ketones is 1. The predicted octanol–water partition coefficient (Wildman–Crippen LogP) is 4.73. The number of furan rings is 1. The first-order valence-electron chi connectivity index (χ1n) is 8.45. The molecule has 0 saturated heterocycles. The molecular formula is C22H18O5. The van der Waals surface area contributed by atoms with Gasteiger partial charge in [-0.15, -0.1) is 0 Å². The van der Waals surface area contributed by atoms with Gasteiger partial charge in [0.25, 0.3) is 0 Å². The molecule has 5 heteroatoms. The van der Waals surface area contributed by atoms with Crippen LogP contribution in [0.15, 0.2) is 71.2 Å². The van der Waals surface area contributed by atoms with Gasteiger partial charge in [0.15, 0.2) is 5.78 Å². The van der Waals surface area contributed by atoms with E-state index in [2.05, 4.69) is 0 Å². The third kappa shape index (κ3) is 4.52. The van der Waals surface area contributed by atoms with Crippen LogP contribution in [0.3, 0.4) is 0 Å². The smallest absolute Gasteiger partial charge is 0.338 e. The van der Waals surface area contributed by atoms with Gasteiger partial charge in [0.1, 0.15) is 17.3 Å². The number of rotatable bonds is 6. The van der Waals surface area contributed by atoms with Gasteiger partial charge < -0.3 is 14.3 Å². The lowest BCUT2D eigenvalue weighted by Crippen LogP contribution is -2.03. The molecule has 0 radical (unpaired) electrons. The highest BCUT2D eigenvalue weighted by molar-refractivity contribution is 6.06. The zero-order valence-electron chi connectivity index (χ0n) is 14.7. The van der Waals surface area contributed by atoms with Crippen LogP contribution in [0.5, 0.6) is 5.75 Å². The number of benzene rings is 2. The van der Waals surface area contributed by atoms with Crippen molar-refractivity contribution in [2.75, 3.05) is 6.61 Å². The first-order valence-corrected chi connectivity index (χ1v) is 8.45. The lowest BCUT2D eigenvalue weighted by atomic mass is 10.1. The summed E-state index contributed by atoms with van der Waals surface area (Å²) in [5.74, 6) is 0.723. The van der Waals surface area contributed by atoms with Gasteiger partial charge in [-0.25, -0.2) is 4.79 Å². The molecule has 0 unspecified atom stereocenters.